The molecule has 106 valence electrons. The third-order valence-electron chi connectivity index (χ3n) is 3.30. The van der Waals surface area contributed by atoms with Crippen LogP contribution in [0.4, 0.5) is 0 Å². The van der Waals surface area contributed by atoms with E-state index in [1.807, 2.05) is 31.2 Å². The molecule has 0 aliphatic rings. The van der Waals surface area contributed by atoms with Crippen LogP contribution >= 0.6 is 0 Å². The molecule has 0 aliphatic carbocycles. The number of nitrogens with zero attached hydrogens (tertiary/aromatic N) is 2. The van der Waals surface area contributed by atoms with Crippen LogP contribution in [0.1, 0.15) is 29.4 Å². The molecule has 1 N–H and O–H groups in total. The van der Waals surface area contributed by atoms with Gasteiger partial charge in [0.15, 0.2) is 0 Å². The number of hydrogen-bond donors (Lipinski definition) is 1. The van der Waals surface area contributed by atoms with Gasteiger partial charge in [-0.3, -0.25) is 9.78 Å². The molecular weight excluding hydrogens is 252 g/mol. The number of rotatable bonds is 4. The minimum absolute atomic E-state index is 0.0341. The highest BCUT2D eigenvalue weighted by Crippen LogP contribution is 2.16. The van der Waals surface area contributed by atoms with Gasteiger partial charge in [0.1, 0.15) is 0 Å². The summed E-state index contributed by atoms with van der Waals surface area (Å²) in [7, 11) is 1.75. The molecule has 1 heterocycles. The second-order valence-corrected chi connectivity index (χ2v) is 5.22. The molecule has 0 saturated heterocycles. The van der Waals surface area contributed by atoms with E-state index in [2.05, 4.69) is 4.98 Å². The Labute approximate surface area is 119 Å². The van der Waals surface area contributed by atoms with Crippen molar-refractivity contribution in [1.82, 2.24) is 9.88 Å². The Bertz CT molecular complexity index is 623. The zero-order chi connectivity index (χ0) is 14.7. The third-order valence-corrected chi connectivity index (χ3v) is 3.30. The summed E-state index contributed by atoms with van der Waals surface area (Å²) in [5, 5.41) is 10.2. The lowest BCUT2D eigenvalue weighted by Gasteiger charge is -2.18. The lowest BCUT2D eigenvalue weighted by molar-refractivity contribution is 0.0769. The van der Waals surface area contributed by atoms with Crippen molar-refractivity contribution in [1.29, 1.82) is 0 Å². The molecule has 1 aromatic carbocycles. The number of aromatic nitrogens is 1. The molecule has 1 aromatic heterocycles. The predicted molar refractivity (Wildman–Crippen MR) is 79.7 cm³/mol. The molecule has 4 heteroatoms. The number of carbonyl (C=O) groups excluding carboxylic acids is 1. The molecule has 1 unspecified atom stereocenters. The van der Waals surface area contributed by atoms with Gasteiger partial charge in [-0.05, 0) is 44.5 Å². The molecule has 0 aliphatic heterocycles. The molecule has 20 heavy (non-hydrogen) atoms. The summed E-state index contributed by atoms with van der Waals surface area (Å²) in [6.07, 6.45) is 0.186. The number of aryl methyl sites for hydroxylation is 1. The minimum atomic E-state index is -0.394. The average Bonchev–Trinajstić information content (AvgIpc) is 2.43. The van der Waals surface area contributed by atoms with Gasteiger partial charge in [-0.1, -0.05) is 6.07 Å². The summed E-state index contributed by atoms with van der Waals surface area (Å²) in [6, 6.07) is 9.45. The normalized spacial score (nSPS) is 12.4. The quantitative estimate of drug-likeness (QED) is 0.929. The zero-order valence-electron chi connectivity index (χ0n) is 12.1. The van der Waals surface area contributed by atoms with Crippen molar-refractivity contribution < 1.29 is 9.90 Å². The van der Waals surface area contributed by atoms with E-state index in [-0.39, 0.29) is 5.91 Å². The van der Waals surface area contributed by atoms with E-state index >= 15 is 0 Å². The van der Waals surface area contributed by atoms with E-state index in [0.29, 0.717) is 18.5 Å². The third kappa shape index (κ3) is 3.33. The van der Waals surface area contributed by atoms with Crippen molar-refractivity contribution in [3.8, 4) is 0 Å². The first-order valence-electron chi connectivity index (χ1n) is 6.78. The monoisotopic (exact) mass is 272 g/mol. The Balaban J connectivity index is 2.20. The molecule has 0 radical (unpaired) electrons. The number of benzene rings is 1. The molecule has 0 spiro atoms. The first kappa shape index (κ1) is 14.5. The van der Waals surface area contributed by atoms with Crippen LogP contribution in [0.15, 0.2) is 30.3 Å². The molecule has 1 amide bonds. The lowest BCUT2D eigenvalue weighted by Crippen LogP contribution is -2.29. The Kier molecular flexibility index (Phi) is 4.35. The van der Waals surface area contributed by atoms with Gasteiger partial charge in [-0.25, -0.2) is 0 Å². The van der Waals surface area contributed by atoms with Crippen molar-refractivity contribution >= 4 is 16.8 Å². The van der Waals surface area contributed by atoms with Crippen LogP contribution in [0.3, 0.4) is 0 Å². The SMILES string of the molecule is Cc1ccc2cc(C(=O)N(C)CCC(C)O)ccc2n1. The molecule has 2 aromatic rings. The van der Waals surface area contributed by atoms with Crippen molar-refractivity contribution in [3.63, 3.8) is 0 Å². The molecule has 0 bridgehead atoms. The smallest absolute Gasteiger partial charge is 0.253 e. The molecule has 0 saturated carbocycles. The maximum absolute atomic E-state index is 12.3. The fraction of sp³-hybridized carbons (Fsp3) is 0.375. The van der Waals surface area contributed by atoms with Crippen molar-refractivity contribution in [3.05, 3.63) is 41.6 Å². The molecule has 4 nitrogen and oxygen atoms in total. The van der Waals surface area contributed by atoms with Gasteiger partial charge in [0, 0.05) is 30.2 Å². The molecule has 0 fully saturated rings. The van der Waals surface area contributed by atoms with Crippen LogP contribution in [0.25, 0.3) is 10.9 Å². The van der Waals surface area contributed by atoms with Gasteiger partial charge in [-0.2, -0.15) is 0 Å². The fourth-order valence-corrected chi connectivity index (χ4v) is 2.06. The Hall–Kier alpha value is -1.94. The minimum Gasteiger partial charge on any atom is -0.393 e. The van der Waals surface area contributed by atoms with Crippen LogP contribution in [-0.2, 0) is 0 Å². The summed E-state index contributed by atoms with van der Waals surface area (Å²) in [4.78, 5) is 18.3. The lowest BCUT2D eigenvalue weighted by atomic mass is 10.1. The first-order valence-corrected chi connectivity index (χ1v) is 6.78. The standard InChI is InChI=1S/C16H20N2O2/c1-11-4-5-13-10-14(6-7-15(13)17-11)16(20)18(3)9-8-12(2)19/h4-7,10,12,19H,8-9H2,1-3H3. The van der Waals surface area contributed by atoms with Crippen LogP contribution < -0.4 is 0 Å². The van der Waals surface area contributed by atoms with Gasteiger partial charge in [0.05, 0.1) is 11.6 Å². The highest BCUT2D eigenvalue weighted by Gasteiger charge is 2.12. The number of amides is 1. The summed E-state index contributed by atoms with van der Waals surface area (Å²) >= 11 is 0. The van der Waals surface area contributed by atoms with Crippen LogP contribution in [0.5, 0.6) is 0 Å². The van der Waals surface area contributed by atoms with Gasteiger partial charge in [-0.15, -0.1) is 0 Å². The number of aliphatic hydroxyl groups is 1. The van der Waals surface area contributed by atoms with E-state index in [9.17, 15) is 9.90 Å². The topological polar surface area (TPSA) is 53.4 Å². The Morgan fingerprint density at radius 2 is 2.10 bits per heavy atom. The van der Waals surface area contributed by atoms with Crippen LogP contribution in [0, 0.1) is 6.92 Å². The Morgan fingerprint density at radius 1 is 1.35 bits per heavy atom. The van der Waals surface area contributed by atoms with Crippen molar-refractivity contribution in [2.24, 2.45) is 0 Å². The molecule has 2 rings (SSSR count). The number of carbonyl (C=O) groups is 1. The van der Waals surface area contributed by atoms with Crippen LogP contribution in [-0.4, -0.2) is 40.6 Å². The Morgan fingerprint density at radius 3 is 2.80 bits per heavy atom. The fourth-order valence-electron chi connectivity index (χ4n) is 2.06. The van der Waals surface area contributed by atoms with E-state index in [1.165, 1.54) is 0 Å². The second-order valence-electron chi connectivity index (χ2n) is 5.22. The van der Waals surface area contributed by atoms with E-state index in [1.54, 1.807) is 24.9 Å². The van der Waals surface area contributed by atoms with Gasteiger partial charge < -0.3 is 10.0 Å². The van der Waals surface area contributed by atoms with Gasteiger partial charge in [0.2, 0.25) is 0 Å². The maximum Gasteiger partial charge on any atom is 0.253 e. The molecule has 1 atom stereocenters. The summed E-state index contributed by atoms with van der Waals surface area (Å²) < 4.78 is 0. The highest BCUT2D eigenvalue weighted by atomic mass is 16.3. The summed E-state index contributed by atoms with van der Waals surface area (Å²) in [5.74, 6) is -0.0341. The summed E-state index contributed by atoms with van der Waals surface area (Å²) in [5.41, 5.74) is 2.51. The number of pyridine rings is 1. The predicted octanol–water partition coefficient (Wildman–Crippen LogP) is 2.39. The van der Waals surface area contributed by atoms with Crippen molar-refractivity contribution in [2.45, 2.75) is 26.4 Å². The zero-order valence-corrected chi connectivity index (χ0v) is 12.1. The first-order chi connectivity index (χ1) is 9.47. The van der Waals surface area contributed by atoms with E-state index in [4.69, 9.17) is 0 Å². The highest BCUT2D eigenvalue weighted by molar-refractivity contribution is 5.97. The molecular formula is C16H20N2O2. The number of fused-ring (bicyclic) bond motifs is 1. The van der Waals surface area contributed by atoms with Gasteiger partial charge >= 0.3 is 0 Å². The number of hydrogen-bond acceptors (Lipinski definition) is 3. The van der Waals surface area contributed by atoms with Crippen LogP contribution in [0.2, 0.25) is 0 Å². The maximum atomic E-state index is 12.3. The van der Waals surface area contributed by atoms with E-state index in [0.717, 1.165) is 16.6 Å². The summed E-state index contributed by atoms with van der Waals surface area (Å²) in [6.45, 7) is 4.21. The second kappa shape index (κ2) is 6.01. The van der Waals surface area contributed by atoms with E-state index < -0.39 is 6.10 Å². The van der Waals surface area contributed by atoms with Gasteiger partial charge in [0.25, 0.3) is 5.91 Å². The largest absolute Gasteiger partial charge is 0.393 e. The van der Waals surface area contributed by atoms with Crippen molar-refractivity contribution in [2.75, 3.05) is 13.6 Å². The average molecular weight is 272 g/mol. The number of aliphatic hydroxyl groups excluding tert-OH is 1.